The molecule has 0 aromatic heterocycles. The minimum atomic E-state index is -0.0364. The van der Waals surface area contributed by atoms with Gasteiger partial charge in [-0.2, -0.15) is 5.26 Å². The largest absolute Gasteiger partial charge is 0.459 e. The van der Waals surface area contributed by atoms with Crippen molar-refractivity contribution in [3.05, 3.63) is 36.8 Å². The zero-order valence-corrected chi connectivity index (χ0v) is 24.4. The van der Waals surface area contributed by atoms with Crippen LogP contribution < -0.4 is 0 Å². The molecule has 3 nitrogen and oxygen atoms in total. The lowest BCUT2D eigenvalue weighted by Gasteiger charge is -2.15. The van der Waals surface area contributed by atoms with E-state index in [1.54, 1.807) is 12.5 Å². The van der Waals surface area contributed by atoms with Gasteiger partial charge in [0.05, 0.1) is 6.07 Å². The van der Waals surface area contributed by atoms with E-state index in [4.69, 9.17) is 14.7 Å². The van der Waals surface area contributed by atoms with Crippen LogP contribution in [0, 0.1) is 17.2 Å². The van der Waals surface area contributed by atoms with E-state index >= 15 is 0 Å². The third-order valence-corrected chi connectivity index (χ3v) is 7.55. The third-order valence-electron chi connectivity index (χ3n) is 7.55. The molecule has 37 heavy (non-hydrogen) atoms. The van der Waals surface area contributed by atoms with Crippen molar-refractivity contribution >= 4 is 0 Å². The van der Waals surface area contributed by atoms with Crippen LogP contribution in [-0.2, 0) is 9.47 Å². The van der Waals surface area contributed by atoms with Gasteiger partial charge in [-0.25, -0.2) is 0 Å². The molecule has 0 bridgehead atoms. The zero-order chi connectivity index (χ0) is 26.5. The van der Waals surface area contributed by atoms with Gasteiger partial charge >= 0.3 is 0 Å². The molecule has 212 valence electrons. The minimum absolute atomic E-state index is 0.0364. The molecular weight excluding hydrogens is 454 g/mol. The van der Waals surface area contributed by atoms with Crippen molar-refractivity contribution < 1.29 is 9.47 Å². The van der Waals surface area contributed by atoms with Crippen molar-refractivity contribution in [2.24, 2.45) is 5.92 Å². The van der Waals surface area contributed by atoms with E-state index < -0.39 is 0 Å². The second kappa shape index (κ2) is 27.3. The van der Waals surface area contributed by atoms with E-state index in [0.29, 0.717) is 0 Å². The summed E-state index contributed by atoms with van der Waals surface area (Å²) in [5.41, 5.74) is 0. The molecule has 0 spiro atoms. The molecule has 0 amide bonds. The molecule has 1 atom stereocenters. The van der Waals surface area contributed by atoms with Crippen molar-refractivity contribution in [1.82, 2.24) is 0 Å². The summed E-state index contributed by atoms with van der Waals surface area (Å²) in [5, 5.41) is 9.03. The first-order valence-corrected chi connectivity index (χ1v) is 16.0. The van der Waals surface area contributed by atoms with Crippen molar-refractivity contribution in [3.8, 4) is 6.07 Å². The Labute approximate surface area is 230 Å². The van der Waals surface area contributed by atoms with Crippen LogP contribution in [0.1, 0.15) is 161 Å². The second-order valence-corrected chi connectivity index (χ2v) is 11.0. The summed E-state index contributed by atoms with van der Waals surface area (Å²) in [6, 6.07) is 2.37. The molecule has 0 saturated heterocycles. The SMILES string of the molecule is CCCCC/C=C\C/C=C\CCCCCCCCCC(CCC#N)CCCCCCCCC1OC=CO1. The second-order valence-electron chi connectivity index (χ2n) is 11.0. The molecule has 0 aromatic rings. The summed E-state index contributed by atoms with van der Waals surface area (Å²) < 4.78 is 10.6. The van der Waals surface area contributed by atoms with Crippen molar-refractivity contribution in [1.29, 1.82) is 5.26 Å². The Bertz CT molecular complexity index is 595. The number of unbranched alkanes of at least 4 members (excludes halogenated alkanes) is 15. The third kappa shape index (κ3) is 23.2. The van der Waals surface area contributed by atoms with Crippen molar-refractivity contribution in [2.75, 3.05) is 0 Å². The summed E-state index contributed by atoms with van der Waals surface area (Å²) in [6.07, 6.45) is 43.1. The van der Waals surface area contributed by atoms with Gasteiger partial charge in [-0.3, -0.25) is 0 Å². The fourth-order valence-corrected chi connectivity index (χ4v) is 5.16. The maximum absolute atomic E-state index is 9.03. The monoisotopic (exact) mass is 513 g/mol. The molecule has 0 aromatic carbocycles. The van der Waals surface area contributed by atoms with Gasteiger partial charge in [0.2, 0.25) is 6.29 Å². The molecule has 0 fully saturated rings. The summed E-state index contributed by atoms with van der Waals surface area (Å²) in [6.45, 7) is 2.26. The molecular formula is C34H59NO2. The lowest BCUT2D eigenvalue weighted by Crippen LogP contribution is -2.06. The predicted octanol–water partition coefficient (Wildman–Crippen LogP) is 11.5. The quantitative estimate of drug-likeness (QED) is 0.0810. The molecule has 0 N–H and O–H groups in total. The van der Waals surface area contributed by atoms with E-state index in [9.17, 15) is 0 Å². The van der Waals surface area contributed by atoms with Gasteiger partial charge in [0.25, 0.3) is 0 Å². The highest BCUT2D eigenvalue weighted by Gasteiger charge is 2.11. The average molecular weight is 514 g/mol. The first-order chi connectivity index (χ1) is 18.4. The Balaban J connectivity index is 1.89. The van der Waals surface area contributed by atoms with Crippen molar-refractivity contribution in [2.45, 2.75) is 167 Å². The summed E-state index contributed by atoms with van der Waals surface area (Å²) >= 11 is 0. The number of hydrogen-bond acceptors (Lipinski definition) is 3. The van der Waals surface area contributed by atoms with E-state index in [-0.39, 0.29) is 6.29 Å². The molecule has 1 unspecified atom stereocenters. The Kier molecular flexibility index (Phi) is 24.6. The van der Waals surface area contributed by atoms with Gasteiger partial charge in [0, 0.05) is 12.8 Å². The minimum Gasteiger partial charge on any atom is -0.459 e. The van der Waals surface area contributed by atoms with E-state index in [0.717, 1.165) is 31.6 Å². The fourth-order valence-electron chi connectivity index (χ4n) is 5.16. The first kappa shape index (κ1) is 33.3. The summed E-state index contributed by atoms with van der Waals surface area (Å²) in [4.78, 5) is 0. The summed E-state index contributed by atoms with van der Waals surface area (Å²) in [7, 11) is 0. The molecule has 1 aliphatic heterocycles. The number of rotatable bonds is 27. The molecule has 3 heteroatoms. The Morgan fingerprint density at radius 2 is 1.16 bits per heavy atom. The lowest BCUT2D eigenvalue weighted by molar-refractivity contribution is -0.0295. The predicted molar refractivity (Wildman–Crippen MR) is 159 cm³/mol. The molecule has 0 radical (unpaired) electrons. The Hall–Kier alpha value is -1.69. The van der Waals surface area contributed by atoms with Gasteiger partial charge in [-0.15, -0.1) is 0 Å². The smallest absolute Gasteiger partial charge is 0.239 e. The van der Waals surface area contributed by atoms with Gasteiger partial charge in [-0.1, -0.05) is 128 Å². The maximum Gasteiger partial charge on any atom is 0.239 e. The molecule has 1 aliphatic rings. The van der Waals surface area contributed by atoms with Crippen LogP contribution in [0.15, 0.2) is 36.8 Å². The summed E-state index contributed by atoms with van der Waals surface area (Å²) in [5.74, 6) is 0.766. The highest BCUT2D eigenvalue weighted by Crippen LogP contribution is 2.23. The van der Waals surface area contributed by atoms with Gasteiger partial charge < -0.3 is 9.47 Å². The van der Waals surface area contributed by atoms with Gasteiger partial charge in [0.1, 0.15) is 12.5 Å². The number of allylic oxidation sites excluding steroid dienone is 4. The number of nitrogens with zero attached hydrogens (tertiary/aromatic N) is 1. The molecule has 1 heterocycles. The van der Waals surface area contributed by atoms with Crippen molar-refractivity contribution in [3.63, 3.8) is 0 Å². The zero-order valence-electron chi connectivity index (χ0n) is 24.4. The van der Waals surface area contributed by atoms with Gasteiger partial charge in [0.15, 0.2) is 0 Å². The average Bonchev–Trinajstić information content (AvgIpc) is 3.43. The topological polar surface area (TPSA) is 42.2 Å². The van der Waals surface area contributed by atoms with Crippen LogP contribution in [0.25, 0.3) is 0 Å². The van der Waals surface area contributed by atoms with Gasteiger partial charge in [-0.05, 0) is 50.9 Å². The normalized spacial score (nSPS) is 14.4. The van der Waals surface area contributed by atoms with Crippen LogP contribution >= 0.6 is 0 Å². The fraction of sp³-hybridized carbons (Fsp3) is 0.794. The van der Waals surface area contributed by atoms with Crippen LogP contribution in [-0.4, -0.2) is 6.29 Å². The number of nitriles is 1. The first-order valence-electron chi connectivity index (χ1n) is 16.0. The highest BCUT2D eigenvalue weighted by atomic mass is 16.7. The standard InChI is InChI=1S/C34H59NO2/c1-2-3-4-5-6-7-8-9-10-11-12-13-14-15-16-19-22-26-33(28-25-30-35)27-23-20-17-18-21-24-29-34-36-31-32-37-34/h6-7,9-10,31-34H,2-5,8,11-29H2,1H3/b7-6-,10-9-. The van der Waals surface area contributed by atoms with E-state index in [1.165, 1.54) is 128 Å². The highest BCUT2D eigenvalue weighted by molar-refractivity contribution is 4.92. The molecule has 1 rings (SSSR count). The van der Waals surface area contributed by atoms with Crippen LogP contribution in [0.2, 0.25) is 0 Å². The van der Waals surface area contributed by atoms with Crippen LogP contribution in [0.3, 0.4) is 0 Å². The number of ether oxygens (including phenoxy) is 2. The maximum atomic E-state index is 9.03. The van der Waals surface area contributed by atoms with Crippen LogP contribution in [0.5, 0.6) is 0 Å². The van der Waals surface area contributed by atoms with E-state index in [1.807, 2.05) is 0 Å². The Morgan fingerprint density at radius 1 is 0.649 bits per heavy atom. The lowest BCUT2D eigenvalue weighted by atomic mass is 9.90. The number of hydrogen-bond donors (Lipinski definition) is 0. The molecule has 0 aliphatic carbocycles. The Morgan fingerprint density at radius 3 is 1.73 bits per heavy atom. The molecule has 0 saturated carbocycles. The van der Waals surface area contributed by atoms with Crippen LogP contribution in [0.4, 0.5) is 0 Å². The van der Waals surface area contributed by atoms with E-state index in [2.05, 4.69) is 37.3 Å².